The highest BCUT2D eigenvalue weighted by atomic mass is 16.5. The topological polar surface area (TPSA) is 89.0 Å². The van der Waals surface area contributed by atoms with E-state index in [0.29, 0.717) is 18.2 Å². The van der Waals surface area contributed by atoms with Crippen LogP contribution in [0.1, 0.15) is 5.56 Å². The Labute approximate surface area is 110 Å². The monoisotopic (exact) mass is 259 g/mol. The van der Waals surface area contributed by atoms with Crippen molar-refractivity contribution < 1.29 is 9.53 Å². The Bertz CT molecular complexity index is 530. The summed E-state index contributed by atoms with van der Waals surface area (Å²) in [4.78, 5) is 14.9. The number of methoxy groups -OCH3 is 1. The summed E-state index contributed by atoms with van der Waals surface area (Å²) in [7, 11) is 1.29. The Morgan fingerprint density at radius 2 is 1.84 bits per heavy atom. The zero-order valence-electron chi connectivity index (χ0n) is 10.3. The van der Waals surface area contributed by atoms with E-state index in [1.807, 2.05) is 12.1 Å². The Balaban J connectivity index is 1.90. The normalized spacial score (nSPS) is 9.74. The molecule has 2 aromatic rings. The van der Waals surface area contributed by atoms with E-state index in [1.54, 1.807) is 24.5 Å². The lowest BCUT2D eigenvalue weighted by Gasteiger charge is -2.06. The fourth-order valence-corrected chi connectivity index (χ4v) is 1.34. The van der Waals surface area contributed by atoms with Crippen LogP contribution in [0.3, 0.4) is 0 Å². The van der Waals surface area contributed by atoms with Crippen molar-refractivity contribution in [1.82, 2.24) is 15.2 Å². The van der Waals surface area contributed by atoms with Crippen molar-refractivity contribution in [3.8, 4) is 0 Å². The van der Waals surface area contributed by atoms with E-state index in [-0.39, 0.29) is 0 Å². The minimum atomic E-state index is -0.577. The van der Waals surface area contributed by atoms with Crippen LogP contribution in [0.2, 0.25) is 0 Å². The Morgan fingerprint density at radius 1 is 1.16 bits per heavy atom. The van der Waals surface area contributed by atoms with Gasteiger partial charge in [-0.2, -0.15) is 0 Å². The number of nitrogens with zero attached hydrogens (tertiary/aromatic N) is 3. The van der Waals surface area contributed by atoms with Crippen LogP contribution in [0.25, 0.3) is 0 Å². The Morgan fingerprint density at radius 3 is 2.47 bits per heavy atom. The predicted octanol–water partition coefficient (Wildman–Crippen LogP) is 1.66. The molecule has 0 fully saturated rings. The molecule has 2 heterocycles. The van der Waals surface area contributed by atoms with E-state index in [0.717, 1.165) is 5.56 Å². The average Bonchev–Trinajstić information content (AvgIpc) is 2.47. The summed E-state index contributed by atoms with van der Waals surface area (Å²) in [5.74, 6) is 0.952. The first-order chi connectivity index (χ1) is 9.28. The van der Waals surface area contributed by atoms with Crippen molar-refractivity contribution >= 4 is 17.7 Å². The van der Waals surface area contributed by atoms with Crippen LogP contribution >= 0.6 is 0 Å². The van der Waals surface area contributed by atoms with Gasteiger partial charge in [0.2, 0.25) is 0 Å². The van der Waals surface area contributed by atoms with Gasteiger partial charge >= 0.3 is 6.09 Å². The SMILES string of the molecule is COC(=O)Nc1ccc(NCc2ccncc2)nn1. The first-order valence-electron chi connectivity index (χ1n) is 5.59. The smallest absolute Gasteiger partial charge is 0.412 e. The molecule has 0 bridgehead atoms. The maximum Gasteiger partial charge on any atom is 0.412 e. The van der Waals surface area contributed by atoms with Crippen LogP contribution in [-0.4, -0.2) is 28.4 Å². The molecule has 7 heteroatoms. The van der Waals surface area contributed by atoms with Crippen LogP contribution in [0.15, 0.2) is 36.7 Å². The standard InChI is InChI=1S/C12H13N5O2/c1-19-12(18)15-11-3-2-10(16-17-11)14-8-9-4-6-13-7-5-9/h2-7H,8H2,1H3,(H,14,16)(H,15,17,18). The summed E-state index contributed by atoms with van der Waals surface area (Å²) in [5, 5.41) is 13.3. The molecule has 2 rings (SSSR count). The van der Waals surface area contributed by atoms with Crippen LogP contribution in [0.4, 0.5) is 16.4 Å². The van der Waals surface area contributed by atoms with E-state index in [2.05, 4.69) is 30.6 Å². The molecule has 7 nitrogen and oxygen atoms in total. The first-order valence-corrected chi connectivity index (χ1v) is 5.59. The highest BCUT2D eigenvalue weighted by Gasteiger charge is 2.02. The molecule has 0 aromatic carbocycles. The lowest BCUT2D eigenvalue weighted by molar-refractivity contribution is 0.187. The molecule has 0 radical (unpaired) electrons. The Hall–Kier alpha value is -2.70. The summed E-state index contributed by atoms with van der Waals surface area (Å²) < 4.78 is 4.45. The van der Waals surface area contributed by atoms with Crippen molar-refractivity contribution in [2.75, 3.05) is 17.7 Å². The Kier molecular flexibility index (Phi) is 4.22. The van der Waals surface area contributed by atoms with Gasteiger partial charge in [0.1, 0.15) is 5.82 Å². The lowest BCUT2D eigenvalue weighted by Crippen LogP contribution is -2.13. The second-order valence-corrected chi connectivity index (χ2v) is 3.63. The number of rotatable bonds is 4. The van der Waals surface area contributed by atoms with Crippen molar-refractivity contribution in [1.29, 1.82) is 0 Å². The first kappa shape index (κ1) is 12.7. The number of amides is 1. The van der Waals surface area contributed by atoms with Crippen LogP contribution in [0.5, 0.6) is 0 Å². The number of hydrogen-bond donors (Lipinski definition) is 2. The highest BCUT2D eigenvalue weighted by molar-refractivity contribution is 5.83. The molecule has 0 aliphatic heterocycles. The third kappa shape index (κ3) is 3.91. The lowest BCUT2D eigenvalue weighted by atomic mass is 10.3. The highest BCUT2D eigenvalue weighted by Crippen LogP contribution is 2.08. The fraction of sp³-hybridized carbons (Fsp3) is 0.167. The maximum atomic E-state index is 11.0. The zero-order chi connectivity index (χ0) is 13.5. The second kappa shape index (κ2) is 6.29. The van der Waals surface area contributed by atoms with Gasteiger partial charge in [0.15, 0.2) is 5.82 Å². The van der Waals surface area contributed by atoms with E-state index in [9.17, 15) is 4.79 Å². The van der Waals surface area contributed by atoms with Crippen LogP contribution in [-0.2, 0) is 11.3 Å². The largest absolute Gasteiger partial charge is 0.453 e. The number of carbonyl (C=O) groups is 1. The molecule has 0 aliphatic carbocycles. The predicted molar refractivity (Wildman–Crippen MR) is 69.6 cm³/mol. The van der Waals surface area contributed by atoms with Gasteiger partial charge in [-0.05, 0) is 29.8 Å². The molecule has 2 N–H and O–H groups in total. The molecular formula is C12H13N5O2. The fourth-order valence-electron chi connectivity index (χ4n) is 1.34. The number of carbonyl (C=O) groups excluding carboxylic acids is 1. The van der Waals surface area contributed by atoms with Crippen molar-refractivity contribution in [3.05, 3.63) is 42.2 Å². The molecule has 0 saturated heterocycles. The molecular weight excluding hydrogens is 246 g/mol. The van der Waals surface area contributed by atoms with Gasteiger partial charge in [-0.25, -0.2) is 4.79 Å². The average molecular weight is 259 g/mol. The molecule has 98 valence electrons. The van der Waals surface area contributed by atoms with E-state index < -0.39 is 6.09 Å². The second-order valence-electron chi connectivity index (χ2n) is 3.63. The summed E-state index contributed by atoms with van der Waals surface area (Å²) in [5.41, 5.74) is 1.09. The summed E-state index contributed by atoms with van der Waals surface area (Å²) in [6.07, 6.45) is 2.88. The van der Waals surface area contributed by atoms with Crippen LogP contribution in [0, 0.1) is 0 Å². The van der Waals surface area contributed by atoms with Crippen LogP contribution < -0.4 is 10.6 Å². The number of pyridine rings is 1. The van der Waals surface area contributed by atoms with Gasteiger partial charge < -0.3 is 10.1 Å². The molecule has 0 aliphatic rings. The molecule has 2 aromatic heterocycles. The summed E-state index contributed by atoms with van der Waals surface area (Å²) >= 11 is 0. The molecule has 0 atom stereocenters. The van der Waals surface area contributed by atoms with Gasteiger partial charge in [-0.1, -0.05) is 0 Å². The van der Waals surface area contributed by atoms with Gasteiger partial charge in [-0.15, -0.1) is 10.2 Å². The number of anilines is 2. The number of aromatic nitrogens is 3. The molecule has 0 saturated carbocycles. The maximum absolute atomic E-state index is 11.0. The van der Waals surface area contributed by atoms with Crippen molar-refractivity contribution in [3.63, 3.8) is 0 Å². The minimum absolute atomic E-state index is 0.335. The summed E-state index contributed by atoms with van der Waals surface area (Å²) in [6.45, 7) is 0.626. The third-order valence-corrected chi connectivity index (χ3v) is 2.30. The molecule has 19 heavy (non-hydrogen) atoms. The minimum Gasteiger partial charge on any atom is -0.453 e. The van der Waals surface area contributed by atoms with Gasteiger partial charge in [-0.3, -0.25) is 10.3 Å². The molecule has 1 amide bonds. The molecule has 0 unspecified atom stereocenters. The van der Waals surface area contributed by atoms with Gasteiger partial charge in [0.05, 0.1) is 7.11 Å². The zero-order valence-corrected chi connectivity index (χ0v) is 10.3. The number of nitrogens with one attached hydrogen (secondary N) is 2. The van der Waals surface area contributed by atoms with Gasteiger partial charge in [0.25, 0.3) is 0 Å². The van der Waals surface area contributed by atoms with Crippen molar-refractivity contribution in [2.24, 2.45) is 0 Å². The number of ether oxygens (including phenoxy) is 1. The van der Waals surface area contributed by atoms with E-state index in [1.165, 1.54) is 7.11 Å². The molecule has 0 spiro atoms. The van der Waals surface area contributed by atoms with Gasteiger partial charge in [0, 0.05) is 18.9 Å². The number of hydrogen-bond acceptors (Lipinski definition) is 6. The van der Waals surface area contributed by atoms with E-state index in [4.69, 9.17) is 0 Å². The van der Waals surface area contributed by atoms with E-state index >= 15 is 0 Å². The third-order valence-electron chi connectivity index (χ3n) is 2.30. The quantitative estimate of drug-likeness (QED) is 0.868. The van der Waals surface area contributed by atoms with Crippen molar-refractivity contribution in [2.45, 2.75) is 6.54 Å². The summed E-state index contributed by atoms with van der Waals surface area (Å²) in [6, 6.07) is 7.18.